The lowest BCUT2D eigenvalue weighted by atomic mass is 9.94. The smallest absolute Gasteiger partial charge is 0.0651 e. The molecule has 1 unspecified atom stereocenters. The zero-order valence-corrected chi connectivity index (χ0v) is 11.7. The van der Waals surface area contributed by atoms with Gasteiger partial charge in [-0.15, -0.1) is 0 Å². The van der Waals surface area contributed by atoms with Gasteiger partial charge in [0.05, 0.1) is 17.4 Å². The van der Waals surface area contributed by atoms with Crippen LogP contribution in [0.4, 0.5) is 0 Å². The Bertz CT molecular complexity index is 437. The minimum absolute atomic E-state index is 0.303. The lowest BCUT2D eigenvalue weighted by Crippen LogP contribution is -2.20. The fourth-order valence-electron chi connectivity index (χ4n) is 2.70. The monoisotopic (exact) mass is 245 g/mol. The fraction of sp³-hybridized carbons (Fsp3) is 0.600. The molecule has 0 spiro atoms. The summed E-state index contributed by atoms with van der Waals surface area (Å²) >= 11 is 0. The minimum Gasteiger partial charge on any atom is -0.310 e. The van der Waals surface area contributed by atoms with Crippen LogP contribution in [0.25, 0.3) is 0 Å². The third kappa shape index (κ3) is 2.96. The highest BCUT2D eigenvalue weighted by molar-refractivity contribution is 5.31. The van der Waals surface area contributed by atoms with E-state index < -0.39 is 0 Å². The average molecular weight is 245 g/mol. The van der Waals surface area contributed by atoms with Crippen molar-refractivity contribution in [1.29, 1.82) is 0 Å². The number of rotatable bonds is 3. The molecule has 0 saturated carbocycles. The molecule has 1 N–H and O–H groups in total. The molecular weight excluding hydrogens is 222 g/mol. The zero-order chi connectivity index (χ0) is 13.0. The molecule has 0 aliphatic heterocycles. The molecule has 1 aromatic heterocycles. The van der Waals surface area contributed by atoms with Crippen LogP contribution in [0.2, 0.25) is 0 Å². The quantitative estimate of drug-likeness (QED) is 0.831. The van der Waals surface area contributed by atoms with Crippen LogP contribution < -0.4 is 5.32 Å². The Kier molecular flexibility index (Phi) is 4.48. The Morgan fingerprint density at radius 1 is 1.17 bits per heavy atom. The van der Waals surface area contributed by atoms with Crippen LogP contribution >= 0.6 is 0 Å². The van der Waals surface area contributed by atoms with Crippen LogP contribution in [0.3, 0.4) is 0 Å². The number of aryl methyl sites for hydroxylation is 2. The Morgan fingerprint density at radius 3 is 2.78 bits per heavy atom. The lowest BCUT2D eigenvalue weighted by Gasteiger charge is -2.21. The van der Waals surface area contributed by atoms with Gasteiger partial charge in [-0.05, 0) is 58.2 Å². The molecule has 0 fully saturated rings. The van der Waals surface area contributed by atoms with Crippen LogP contribution in [0.15, 0.2) is 17.7 Å². The first-order valence-electron chi connectivity index (χ1n) is 6.89. The van der Waals surface area contributed by atoms with E-state index in [-0.39, 0.29) is 0 Å². The van der Waals surface area contributed by atoms with Gasteiger partial charge < -0.3 is 5.32 Å². The molecule has 3 heteroatoms. The van der Waals surface area contributed by atoms with E-state index in [0.29, 0.717) is 6.04 Å². The lowest BCUT2D eigenvalue weighted by molar-refractivity contribution is 0.620. The van der Waals surface area contributed by atoms with E-state index in [0.717, 1.165) is 11.4 Å². The van der Waals surface area contributed by atoms with Crippen LogP contribution in [-0.2, 0) is 0 Å². The van der Waals surface area contributed by atoms with E-state index in [9.17, 15) is 0 Å². The number of hydrogen-bond donors (Lipinski definition) is 1. The van der Waals surface area contributed by atoms with Crippen molar-refractivity contribution in [3.8, 4) is 0 Å². The molecule has 2 rings (SSSR count). The van der Waals surface area contributed by atoms with Crippen LogP contribution in [0.1, 0.15) is 55.1 Å². The van der Waals surface area contributed by atoms with E-state index in [1.807, 2.05) is 20.9 Å². The summed E-state index contributed by atoms with van der Waals surface area (Å²) in [5.74, 6) is 0. The number of nitrogens with one attached hydrogen (secondary N) is 1. The summed E-state index contributed by atoms with van der Waals surface area (Å²) < 4.78 is 0. The van der Waals surface area contributed by atoms with Crippen molar-refractivity contribution in [3.63, 3.8) is 0 Å². The summed E-state index contributed by atoms with van der Waals surface area (Å²) in [5, 5.41) is 11.8. The van der Waals surface area contributed by atoms with Crippen molar-refractivity contribution in [3.05, 3.63) is 34.7 Å². The molecular formula is C15H23N3. The van der Waals surface area contributed by atoms with Crippen molar-refractivity contribution in [2.24, 2.45) is 0 Å². The van der Waals surface area contributed by atoms with Gasteiger partial charge >= 0.3 is 0 Å². The summed E-state index contributed by atoms with van der Waals surface area (Å²) in [6.45, 7) is 4.05. The van der Waals surface area contributed by atoms with Gasteiger partial charge in [-0.1, -0.05) is 18.1 Å². The van der Waals surface area contributed by atoms with Crippen LogP contribution in [0.5, 0.6) is 0 Å². The first-order chi connectivity index (χ1) is 8.72. The Labute approximate surface area is 110 Å². The van der Waals surface area contributed by atoms with Crippen molar-refractivity contribution in [1.82, 2.24) is 15.5 Å². The van der Waals surface area contributed by atoms with E-state index in [1.54, 1.807) is 0 Å². The van der Waals surface area contributed by atoms with Gasteiger partial charge in [0, 0.05) is 0 Å². The van der Waals surface area contributed by atoms with Gasteiger partial charge in [-0.25, -0.2) is 0 Å². The van der Waals surface area contributed by atoms with Crippen molar-refractivity contribution < 1.29 is 0 Å². The van der Waals surface area contributed by atoms with Gasteiger partial charge in [0.25, 0.3) is 0 Å². The maximum atomic E-state index is 4.25. The van der Waals surface area contributed by atoms with Gasteiger partial charge in [-0.3, -0.25) is 0 Å². The van der Waals surface area contributed by atoms with Gasteiger partial charge in [0.1, 0.15) is 0 Å². The molecule has 98 valence electrons. The fourth-order valence-corrected chi connectivity index (χ4v) is 2.70. The maximum absolute atomic E-state index is 4.25. The Balaban J connectivity index is 2.32. The highest BCUT2D eigenvalue weighted by Crippen LogP contribution is 2.30. The number of allylic oxidation sites excluding steroid dienone is 1. The van der Waals surface area contributed by atoms with Crippen molar-refractivity contribution in [2.75, 3.05) is 7.05 Å². The van der Waals surface area contributed by atoms with Crippen molar-refractivity contribution in [2.45, 2.75) is 52.0 Å². The largest absolute Gasteiger partial charge is 0.310 e. The summed E-state index contributed by atoms with van der Waals surface area (Å²) in [7, 11) is 2.03. The van der Waals surface area contributed by atoms with Crippen LogP contribution in [-0.4, -0.2) is 17.2 Å². The van der Waals surface area contributed by atoms with Crippen LogP contribution in [0, 0.1) is 13.8 Å². The molecule has 1 aliphatic rings. The number of hydrogen-bond acceptors (Lipinski definition) is 3. The molecule has 0 bridgehead atoms. The summed E-state index contributed by atoms with van der Waals surface area (Å²) in [6.07, 6.45) is 8.82. The highest BCUT2D eigenvalue weighted by Gasteiger charge is 2.18. The number of aromatic nitrogens is 2. The molecule has 1 aliphatic carbocycles. The number of nitrogens with zero attached hydrogens (tertiary/aromatic N) is 2. The first-order valence-corrected chi connectivity index (χ1v) is 6.89. The summed E-state index contributed by atoms with van der Waals surface area (Å²) in [5.41, 5.74) is 4.82. The molecule has 1 atom stereocenters. The average Bonchev–Trinajstić information content (AvgIpc) is 2.64. The normalized spacial score (nSPS) is 18.1. The Morgan fingerprint density at radius 2 is 2.00 bits per heavy atom. The highest BCUT2D eigenvalue weighted by atomic mass is 15.1. The molecule has 0 aromatic carbocycles. The van der Waals surface area contributed by atoms with Crippen molar-refractivity contribution >= 4 is 0 Å². The third-order valence-electron chi connectivity index (χ3n) is 3.69. The van der Waals surface area contributed by atoms with Gasteiger partial charge in [0.15, 0.2) is 0 Å². The van der Waals surface area contributed by atoms with Gasteiger partial charge in [0.2, 0.25) is 0 Å². The van der Waals surface area contributed by atoms with E-state index in [1.165, 1.54) is 43.2 Å². The molecule has 18 heavy (non-hydrogen) atoms. The predicted molar refractivity (Wildman–Crippen MR) is 74.5 cm³/mol. The Hall–Kier alpha value is -1.22. The van der Waals surface area contributed by atoms with E-state index in [2.05, 4.69) is 27.7 Å². The minimum atomic E-state index is 0.303. The second-order valence-corrected chi connectivity index (χ2v) is 5.13. The molecule has 0 radical (unpaired) electrons. The molecule has 1 heterocycles. The zero-order valence-electron chi connectivity index (χ0n) is 11.7. The summed E-state index contributed by atoms with van der Waals surface area (Å²) in [6, 6.07) is 2.46. The topological polar surface area (TPSA) is 37.8 Å². The van der Waals surface area contributed by atoms with E-state index in [4.69, 9.17) is 0 Å². The summed E-state index contributed by atoms with van der Waals surface area (Å²) in [4.78, 5) is 0. The standard InChI is InChI=1S/C15H23N3/c1-11-10-14(12(2)18-17-11)15(16-3)13-8-6-4-5-7-9-13/h8,10,15-16H,4-7,9H2,1-3H3. The van der Waals surface area contributed by atoms with E-state index >= 15 is 0 Å². The molecule has 1 aromatic rings. The third-order valence-corrected chi connectivity index (χ3v) is 3.69. The SMILES string of the molecule is CNC(C1=CCCCCC1)c1cc(C)nnc1C. The maximum Gasteiger partial charge on any atom is 0.0651 e. The molecule has 3 nitrogen and oxygen atoms in total. The molecule has 0 amide bonds. The number of likely N-dealkylation sites (N-methyl/N-ethyl adjacent to an activating group) is 1. The second-order valence-electron chi connectivity index (χ2n) is 5.13. The second kappa shape index (κ2) is 6.10. The first kappa shape index (κ1) is 13.2. The molecule has 0 saturated heterocycles. The predicted octanol–water partition coefficient (Wildman–Crippen LogP) is 3.24. The van der Waals surface area contributed by atoms with Gasteiger partial charge in [-0.2, -0.15) is 10.2 Å².